The largest absolute Gasteiger partial charge is 0.377 e. The van der Waals surface area contributed by atoms with Crippen molar-refractivity contribution in [3.8, 4) is 0 Å². The fourth-order valence-corrected chi connectivity index (χ4v) is 3.58. The third kappa shape index (κ3) is 6.58. The van der Waals surface area contributed by atoms with Gasteiger partial charge in [0.05, 0.1) is 6.61 Å². The Morgan fingerprint density at radius 1 is 1.35 bits per heavy atom. The predicted octanol–water partition coefficient (Wildman–Crippen LogP) is 4.26. The lowest BCUT2D eigenvalue weighted by molar-refractivity contribution is -0.132. The molecule has 0 bridgehead atoms. The third-order valence-electron chi connectivity index (χ3n) is 3.95. The normalized spacial score (nSPS) is 15.6. The summed E-state index contributed by atoms with van der Waals surface area (Å²) in [5.74, 6) is 1.64. The summed E-state index contributed by atoms with van der Waals surface area (Å²) in [6, 6.07) is 7.74. The molecule has 0 aliphatic carbocycles. The van der Waals surface area contributed by atoms with Gasteiger partial charge in [0.25, 0.3) is 0 Å². The molecule has 1 amide bonds. The van der Waals surface area contributed by atoms with Gasteiger partial charge in [-0.05, 0) is 43.0 Å². The second-order valence-corrected chi connectivity index (χ2v) is 7.31. The number of hydrogen-bond acceptors (Lipinski definition) is 3. The highest BCUT2D eigenvalue weighted by atomic mass is 35.5. The van der Waals surface area contributed by atoms with E-state index >= 15 is 0 Å². The van der Waals surface area contributed by atoms with Crippen LogP contribution >= 0.6 is 23.4 Å². The minimum absolute atomic E-state index is 0.261. The monoisotopic (exact) mass is 353 g/mol. The molecule has 23 heavy (non-hydrogen) atoms. The molecule has 1 aliphatic rings. The molecule has 126 valence electrons. The second kappa shape index (κ2) is 10.0. The maximum atomic E-state index is 12.3. The van der Waals surface area contributed by atoms with Crippen LogP contribution in [0.4, 0.5) is 0 Å². The average molecular weight is 354 g/mol. The van der Waals surface area contributed by atoms with Crippen molar-refractivity contribution in [3.63, 3.8) is 0 Å². The molecule has 1 heterocycles. The molecule has 1 saturated heterocycles. The molecule has 3 nitrogen and oxygen atoms in total. The number of halogens is 1. The smallest absolute Gasteiger partial charge is 0.223 e. The van der Waals surface area contributed by atoms with Crippen LogP contribution in [-0.4, -0.2) is 42.9 Å². The van der Waals surface area contributed by atoms with E-state index in [2.05, 4.69) is 6.58 Å². The molecule has 0 saturated carbocycles. The fraction of sp³-hybridized carbons (Fsp3) is 0.500. The van der Waals surface area contributed by atoms with Crippen molar-refractivity contribution in [1.29, 1.82) is 0 Å². The lowest BCUT2D eigenvalue weighted by Crippen LogP contribution is -2.39. The first-order valence-electron chi connectivity index (χ1n) is 8.04. The molecule has 0 spiro atoms. The molecule has 1 fully saturated rings. The van der Waals surface area contributed by atoms with Crippen LogP contribution in [0.2, 0.25) is 5.02 Å². The number of nitrogens with zero attached hydrogens (tertiary/aromatic N) is 1. The molecular weight excluding hydrogens is 330 g/mol. The van der Waals surface area contributed by atoms with Gasteiger partial charge in [-0.1, -0.05) is 17.7 Å². The Hall–Kier alpha value is -0.970. The van der Waals surface area contributed by atoms with E-state index in [0.29, 0.717) is 18.9 Å². The van der Waals surface area contributed by atoms with Crippen molar-refractivity contribution in [1.82, 2.24) is 4.90 Å². The van der Waals surface area contributed by atoms with Crippen LogP contribution in [0.3, 0.4) is 0 Å². The molecule has 0 atom stereocenters. The maximum Gasteiger partial charge on any atom is 0.223 e. The summed E-state index contributed by atoms with van der Waals surface area (Å²) in [6.45, 7) is 6.74. The summed E-state index contributed by atoms with van der Waals surface area (Å²) in [4.78, 5) is 15.4. The van der Waals surface area contributed by atoms with Crippen LogP contribution in [-0.2, 0) is 9.53 Å². The Kier molecular flexibility index (Phi) is 8.00. The number of piperidine rings is 1. The molecular formula is C18H24ClNO2S. The number of amides is 1. The van der Waals surface area contributed by atoms with Crippen LogP contribution in [0, 0.1) is 5.92 Å². The van der Waals surface area contributed by atoms with E-state index in [4.69, 9.17) is 16.3 Å². The summed E-state index contributed by atoms with van der Waals surface area (Å²) in [6.07, 6.45) is 4.43. The van der Waals surface area contributed by atoms with E-state index in [9.17, 15) is 4.79 Å². The zero-order valence-electron chi connectivity index (χ0n) is 13.4. The Morgan fingerprint density at radius 2 is 2.04 bits per heavy atom. The van der Waals surface area contributed by atoms with E-state index in [1.54, 1.807) is 17.8 Å². The number of carbonyl (C=O) groups is 1. The molecule has 5 heteroatoms. The van der Waals surface area contributed by atoms with Gasteiger partial charge in [0.15, 0.2) is 0 Å². The SMILES string of the molecule is C=CCOCC1CCN(C(=O)CCSc2ccc(Cl)cc2)CC1. The number of benzene rings is 1. The van der Waals surface area contributed by atoms with Gasteiger partial charge in [0, 0.05) is 41.8 Å². The molecule has 1 aromatic carbocycles. The molecule has 1 aliphatic heterocycles. The zero-order valence-corrected chi connectivity index (χ0v) is 15.0. The van der Waals surface area contributed by atoms with Gasteiger partial charge in [0.1, 0.15) is 0 Å². The zero-order chi connectivity index (χ0) is 16.5. The summed E-state index contributed by atoms with van der Waals surface area (Å²) in [5, 5.41) is 0.741. The Labute approximate surface area is 148 Å². The maximum absolute atomic E-state index is 12.3. The van der Waals surface area contributed by atoms with Crippen LogP contribution in [0.25, 0.3) is 0 Å². The van der Waals surface area contributed by atoms with Gasteiger partial charge < -0.3 is 9.64 Å². The van der Waals surface area contributed by atoms with Crippen molar-refractivity contribution in [2.24, 2.45) is 5.92 Å². The first kappa shape index (κ1) is 18.4. The number of thioether (sulfide) groups is 1. The molecule has 0 N–H and O–H groups in total. The quantitative estimate of drug-likeness (QED) is 0.397. The topological polar surface area (TPSA) is 29.5 Å². The van der Waals surface area contributed by atoms with Crippen LogP contribution in [0.1, 0.15) is 19.3 Å². The summed E-state index contributed by atoms with van der Waals surface area (Å²) in [5.41, 5.74) is 0. The number of rotatable bonds is 8. The highest BCUT2D eigenvalue weighted by molar-refractivity contribution is 7.99. The van der Waals surface area contributed by atoms with Gasteiger partial charge in [0.2, 0.25) is 5.91 Å². The number of ether oxygens (including phenoxy) is 1. The minimum atomic E-state index is 0.261. The summed E-state index contributed by atoms with van der Waals surface area (Å²) < 4.78 is 5.51. The predicted molar refractivity (Wildman–Crippen MR) is 97.1 cm³/mol. The summed E-state index contributed by atoms with van der Waals surface area (Å²) >= 11 is 7.57. The highest BCUT2D eigenvalue weighted by Gasteiger charge is 2.22. The minimum Gasteiger partial charge on any atom is -0.377 e. The molecule has 0 aromatic heterocycles. The van der Waals surface area contributed by atoms with Gasteiger partial charge in [-0.3, -0.25) is 4.79 Å². The molecule has 0 unspecified atom stereocenters. The second-order valence-electron chi connectivity index (χ2n) is 5.70. The Bertz CT molecular complexity index is 498. The van der Waals surface area contributed by atoms with Crippen molar-refractivity contribution in [2.45, 2.75) is 24.2 Å². The molecule has 2 rings (SSSR count). The van der Waals surface area contributed by atoms with Crippen molar-refractivity contribution >= 4 is 29.3 Å². The molecule has 0 radical (unpaired) electrons. The van der Waals surface area contributed by atoms with E-state index in [1.165, 1.54) is 0 Å². The van der Waals surface area contributed by atoms with Crippen molar-refractivity contribution < 1.29 is 9.53 Å². The van der Waals surface area contributed by atoms with Gasteiger partial charge in [-0.2, -0.15) is 0 Å². The first-order valence-corrected chi connectivity index (χ1v) is 9.40. The van der Waals surface area contributed by atoms with Crippen LogP contribution in [0.15, 0.2) is 41.8 Å². The average Bonchev–Trinajstić information content (AvgIpc) is 2.57. The van der Waals surface area contributed by atoms with Crippen LogP contribution < -0.4 is 0 Å². The van der Waals surface area contributed by atoms with E-state index in [1.807, 2.05) is 29.2 Å². The lowest BCUT2D eigenvalue weighted by Gasteiger charge is -2.31. The van der Waals surface area contributed by atoms with Crippen molar-refractivity contribution in [2.75, 3.05) is 32.1 Å². The van der Waals surface area contributed by atoms with Crippen molar-refractivity contribution in [3.05, 3.63) is 41.9 Å². The van der Waals surface area contributed by atoms with E-state index in [-0.39, 0.29) is 5.91 Å². The summed E-state index contributed by atoms with van der Waals surface area (Å²) in [7, 11) is 0. The Balaban J connectivity index is 1.63. The lowest BCUT2D eigenvalue weighted by atomic mass is 9.97. The van der Waals surface area contributed by atoms with Gasteiger partial charge in [-0.15, -0.1) is 18.3 Å². The van der Waals surface area contributed by atoms with Gasteiger partial charge in [-0.25, -0.2) is 0 Å². The number of hydrogen-bond donors (Lipinski definition) is 0. The Morgan fingerprint density at radius 3 is 2.70 bits per heavy atom. The van der Waals surface area contributed by atoms with E-state index in [0.717, 1.165) is 48.2 Å². The number of likely N-dealkylation sites (tertiary alicyclic amines) is 1. The molecule has 1 aromatic rings. The number of carbonyl (C=O) groups excluding carboxylic acids is 1. The van der Waals surface area contributed by atoms with Gasteiger partial charge >= 0.3 is 0 Å². The fourth-order valence-electron chi connectivity index (χ4n) is 2.61. The highest BCUT2D eigenvalue weighted by Crippen LogP contribution is 2.22. The first-order chi connectivity index (χ1) is 11.2. The standard InChI is InChI=1S/C18H24ClNO2S/c1-2-12-22-14-15-7-10-20(11-8-15)18(21)9-13-23-17-5-3-16(19)4-6-17/h2-6,15H,1,7-14H2. The van der Waals surface area contributed by atoms with Crippen LogP contribution in [0.5, 0.6) is 0 Å². The third-order valence-corrected chi connectivity index (χ3v) is 5.22. The van der Waals surface area contributed by atoms with E-state index < -0.39 is 0 Å².